The number of nitrogens with zero attached hydrogens (tertiary/aromatic N) is 1. The van der Waals surface area contributed by atoms with Gasteiger partial charge in [0.1, 0.15) is 5.75 Å². The number of phenolic OH excluding ortho intramolecular Hbond substituents is 1. The van der Waals surface area contributed by atoms with E-state index in [1.165, 1.54) is 11.0 Å². The van der Waals surface area contributed by atoms with Crippen LogP contribution in [0.1, 0.15) is 32.7 Å². The van der Waals surface area contributed by atoms with Gasteiger partial charge < -0.3 is 15.7 Å². The molecule has 1 heterocycles. The van der Waals surface area contributed by atoms with Crippen LogP contribution in [-0.2, 0) is 0 Å². The van der Waals surface area contributed by atoms with Crippen LogP contribution >= 0.6 is 0 Å². The summed E-state index contributed by atoms with van der Waals surface area (Å²) in [6.45, 7) is 2.36. The Morgan fingerprint density at radius 3 is 2.38 bits per heavy atom. The number of benzene rings is 2. The summed E-state index contributed by atoms with van der Waals surface area (Å²) in [4.78, 5) is 37.5. The third-order valence-electron chi connectivity index (χ3n) is 4.12. The van der Waals surface area contributed by atoms with Gasteiger partial charge in [0.2, 0.25) is 0 Å². The Labute approximate surface area is 150 Å². The second-order valence-corrected chi connectivity index (χ2v) is 6.06. The van der Waals surface area contributed by atoms with Crippen molar-refractivity contribution >= 4 is 23.5 Å². The molecule has 0 aromatic heterocycles. The van der Waals surface area contributed by atoms with Crippen LogP contribution in [0.2, 0.25) is 0 Å². The molecule has 0 fully saturated rings. The van der Waals surface area contributed by atoms with E-state index < -0.39 is 6.03 Å². The molecule has 0 unspecified atom stereocenters. The van der Waals surface area contributed by atoms with E-state index in [0.717, 1.165) is 5.56 Å². The molecular formula is C19H19N3O4. The molecule has 1 aliphatic heterocycles. The molecule has 4 amide bonds. The third-order valence-corrected chi connectivity index (χ3v) is 4.12. The Kier molecular flexibility index (Phi) is 4.88. The number of imide groups is 1. The fourth-order valence-electron chi connectivity index (χ4n) is 2.80. The molecule has 1 aliphatic rings. The first kappa shape index (κ1) is 17.5. The number of carbonyl (C=O) groups excluding carboxylic acids is 3. The maximum absolute atomic E-state index is 12.2. The van der Waals surface area contributed by atoms with E-state index >= 15 is 0 Å². The second kappa shape index (κ2) is 7.26. The van der Waals surface area contributed by atoms with Crippen LogP contribution in [0.15, 0.2) is 42.5 Å². The molecule has 2 aromatic carbocycles. The lowest BCUT2D eigenvalue weighted by atomic mass is 10.1. The zero-order valence-electron chi connectivity index (χ0n) is 14.3. The van der Waals surface area contributed by atoms with Crippen molar-refractivity contribution in [3.63, 3.8) is 0 Å². The Balaban J connectivity index is 1.47. The maximum Gasteiger partial charge on any atom is 0.319 e. The lowest BCUT2D eigenvalue weighted by molar-refractivity contribution is 0.0653. The average molecular weight is 353 g/mol. The highest BCUT2D eigenvalue weighted by Crippen LogP contribution is 2.24. The summed E-state index contributed by atoms with van der Waals surface area (Å²) in [5.74, 6) is -0.628. The molecule has 7 nitrogen and oxygen atoms in total. The Morgan fingerprint density at radius 1 is 1.08 bits per heavy atom. The number of hydrogen-bond donors (Lipinski definition) is 3. The fraction of sp³-hybridized carbons (Fsp3) is 0.211. The molecule has 0 saturated heterocycles. The highest BCUT2D eigenvalue weighted by Gasteiger charge is 2.34. The van der Waals surface area contributed by atoms with Crippen LogP contribution in [0.3, 0.4) is 0 Å². The first-order valence-corrected chi connectivity index (χ1v) is 8.27. The van der Waals surface area contributed by atoms with E-state index in [1.807, 2.05) is 6.92 Å². The normalized spacial score (nSPS) is 12.9. The van der Waals surface area contributed by atoms with Crippen molar-refractivity contribution in [1.29, 1.82) is 0 Å². The van der Waals surface area contributed by atoms with Gasteiger partial charge >= 0.3 is 6.03 Å². The topological polar surface area (TPSA) is 98.7 Å². The van der Waals surface area contributed by atoms with Crippen LogP contribution in [0, 0.1) is 6.92 Å². The first-order chi connectivity index (χ1) is 12.5. The monoisotopic (exact) mass is 353 g/mol. The Hall–Kier alpha value is -3.35. The van der Waals surface area contributed by atoms with Crippen molar-refractivity contribution in [2.75, 3.05) is 18.4 Å². The molecule has 2 aromatic rings. The van der Waals surface area contributed by atoms with Gasteiger partial charge in [-0.2, -0.15) is 0 Å². The standard InChI is InChI=1S/C19H19N3O4/c1-12-7-8-16(23)15(11-12)21-19(26)20-9-4-10-22-17(24)13-5-2-3-6-14(13)18(22)25/h2-3,5-8,11,23H,4,9-10H2,1H3,(H2,20,21,26). The first-order valence-electron chi connectivity index (χ1n) is 8.27. The highest BCUT2D eigenvalue weighted by molar-refractivity contribution is 6.21. The van der Waals surface area contributed by atoms with Crippen molar-refractivity contribution < 1.29 is 19.5 Å². The second-order valence-electron chi connectivity index (χ2n) is 6.06. The van der Waals surface area contributed by atoms with Gasteiger partial charge in [0, 0.05) is 13.1 Å². The summed E-state index contributed by atoms with van der Waals surface area (Å²) in [7, 11) is 0. The molecular weight excluding hydrogens is 334 g/mol. The molecule has 0 spiro atoms. The number of rotatable bonds is 5. The molecule has 7 heteroatoms. The van der Waals surface area contributed by atoms with Crippen LogP contribution in [0.5, 0.6) is 5.75 Å². The van der Waals surface area contributed by atoms with E-state index in [0.29, 0.717) is 23.2 Å². The van der Waals surface area contributed by atoms with E-state index in [2.05, 4.69) is 10.6 Å². The number of amides is 4. The molecule has 0 atom stereocenters. The molecule has 0 bridgehead atoms. The minimum atomic E-state index is -0.465. The highest BCUT2D eigenvalue weighted by atomic mass is 16.3. The van der Waals surface area contributed by atoms with Gasteiger partial charge in [-0.15, -0.1) is 0 Å². The van der Waals surface area contributed by atoms with Gasteiger partial charge in [0.05, 0.1) is 16.8 Å². The van der Waals surface area contributed by atoms with Crippen LogP contribution in [-0.4, -0.2) is 40.9 Å². The molecule has 3 rings (SSSR count). The number of nitrogens with one attached hydrogen (secondary N) is 2. The number of phenols is 1. The predicted molar refractivity (Wildman–Crippen MR) is 96.3 cm³/mol. The quantitative estimate of drug-likeness (QED) is 0.437. The number of anilines is 1. The van der Waals surface area contributed by atoms with Crippen LogP contribution in [0.25, 0.3) is 0 Å². The number of aromatic hydroxyl groups is 1. The number of hydrogen-bond acceptors (Lipinski definition) is 4. The number of urea groups is 1. The minimum absolute atomic E-state index is 0.0169. The molecule has 3 N–H and O–H groups in total. The van der Waals surface area contributed by atoms with Crippen molar-refractivity contribution in [2.45, 2.75) is 13.3 Å². The maximum atomic E-state index is 12.2. The van der Waals surface area contributed by atoms with Gasteiger partial charge in [0.25, 0.3) is 11.8 Å². The summed E-state index contributed by atoms with van der Waals surface area (Å²) in [5, 5.41) is 14.9. The average Bonchev–Trinajstić information content (AvgIpc) is 2.87. The summed E-state index contributed by atoms with van der Waals surface area (Å²) in [6, 6.07) is 11.2. The van der Waals surface area contributed by atoms with Gasteiger partial charge in [0.15, 0.2) is 0 Å². The predicted octanol–water partition coefficient (Wildman–Crippen LogP) is 2.51. The largest absolute Gasteiger partial charge is 0.506 e. The van der Waals surface area contributed by atoms with Crippen LogP contribution in [0.4, 0.5) is 10.5 Å². The summed E-state index contributed by atoms with van der Waals surface area (Å²) in [5.41, 5.74) is 2.06. The zero-order chi connectivity index (χ0) is 18.7. The molecule has 0 radical (unpaired) electrons. The summed E-state index contributed by atoms with van der Waals surface area (Å²) < 4.78 is 0. The third kappa shape index (κ3) is 3.51. The van der Waals surface area contributed by atoms with Gasteiger partial charge in [-0.1, -0.05) is 18.2 Å². The van der Waals surface area contributed by atoms with Crippen molar-refractivity contribution in [2.24, 2.45) is 0 Å². The minimum Gasteiger partial charge on any atom is -0.506 e. The number of carbonyl (C=O) groups is 3. The van der Waals surface area contributed by atoms with Crippen molar-refractivity contribution in [1.82, 2.24) is 10.2 Å². The van der Waals surface area contributed by atoms with Crippen molar-refractivity contribution in [3.8, 4) is 5.75 Å². The smallest absolute Gasteiger partial charge is 0.319 e. The lowest BCUT2D eigenvalue weighted by Crippen LogP contribution is -2.35. The summed E-state index contributed by atoms with van der Waals surface area (Å²) in [6.07, 6.45) is 0.429. The van der Waals surface area contributed by atoms with E-state index in [4.69, 9.17) is 0 Å². The molecule has 0 aliphatic carbocycles. The van der Waals surface area contributed by atoms with Gasteiger partial charge in [-0.05, 0) is 43.2 Å². The Bertz CT molecular complexity index is 844. The SMILES string of the molecule is Cc1ccc(O)c(NC(=O)NCCCN2C(=O)c3ccccc3C2=O)c1. The molecule has 0 saturated carbocycles. The lowest BCUT2D eigenvalue weighted by Gasteiger charge is -2.14. The molecule has 134 valence electrons. The molecule has 26 heavy (non-hydrogen) atoms. The number of fused-ring (bicyclic) bond motifs is 1. The van der Waals surface area contributed by atoms with E-state index in [-0.39, 0.29) is 30.7 Å². The number of aryl methyl sites for hydroxylation is 1. The van der Waals surface area contributed by atoms with Crippen molar-refractivity contribution in [3.05, 3.63) is 59.2 Å². The fourth-order valence-corrected chi connectivity index (χ4v) is 2.80. The zero-order valence-corrected chi connectivity index (χ0v) is 14.3. The Morgan fingerprint density at radius 2 is 1.73 bits per heavy atom. The van der Waals surface area contributed by atoms with E-state index in [1.54, 1.807) is 36.4 Å². The van der Waals surface area contributed by atoms with Gasteiger partial charge in [-0.25, -0.2) is 4.79 Å². The van der Waals surface area contributed by atoms with Crippen LogP contribution < -0.4 is 10.6 Å². The summed E-state index contributed by atoms with van der Waals surface area (Å²) >= 11 is 0. The van der Waals surface area contributed by atoms with E-state index in [9.17, 15) is 19.5 Å². The van der Waals surface area contributed by atoms with Gasteiger partial charge in [-0.3, -0.25) is 14.5 Å².